The van der Waals surface area contributed by atoms with Crippen LogP contribution >= 0.6 is 0 Å². The third-order valence-corrected chi connectivity index (χ3v) is 1.86. The van der Waals surface area contributed by atoms with E-state index in [0.29, 0.717) is 12.3 Å². The number of aliphatic hydroxyl groups is 1. The summed E-state index contributed by atoms with van der Waals surface area (Å²) >= 11 is 0. The molecule has 0 amide bonds. The Labute approximate surface area is 66.4 Å². The Hall–Kier alpha value is -0.640. The maximum atomic E-state index is 9.97. The molecule has 1 N–H and O–H groups in total. The van der Waals surface area contributed by atoms with Gasteiger partial charge in [-0.3, -0.25) is 10.1 Å². The fraction of sp³-hybridized carbons (Fsp3) is 1.00. The smallest absolute Gasteiger partial charge is 0.204 e. The Morgan fingerprint density at radius 2 is 2.09 bits per heavy atom. The van der Waals surface area contributed by atoms with Gasteiger partial charge < -0.3 is 5.11 Å². The molecule has 0 bridgehead atoms. The Balaban J connectivity index is 3.61. The average molecular weight is 161 g/mol. The second kappa shape index (κ2) is 5.07. The van der Waals surface area contributed by atoms with E-state index in [9.17, 15) is 10.1 Å². The van der Waals surface area contributed by atoms with Crippen LogP contribution in [0.25, 0.3) is 0 Å². The van der Waals surface area contributed by atoms with Crippen molar-refractivity contribution in [2.45, 2.75) is 20.3 Å². The van der Waals surface area contributed by atoms with Gasteiger partial charge in [0.25, 0.3) is 0 Å². The van der Waals surface area contributed by atoms with E-state index in [1.54, 1.807) is 0 Å². The standard InChI is InChI=1S/C7H15NO3/c1-6(2)7(5-9)3-4-8(10)11/h6-7,9H,3-5H2,1-2H3. The molecule has 0 rings (SSSR count). The molecule has 0 radical (unpaired) electrons. The first-order valence-electron chi connectivity index (χ1n) is 3.80. The minimum atomic E-state index is -0.342. The number of hydrogen-bond donors (Lipinski definition) is 1. The van der Waals surface area contributed by atoms with E-state index in [0.717, 1.165) is 0 Å². The largest absolute Gasteiger partial charge is 0.396 e. The predicted molar refractivity (Wildman–Crippen MR) is 41.9 cm³/mol. The zero-order valence-electron chi connectivity index (χ0n) is 6.99. The van der Waals surface area contributed by atoms with Crippen molar-refractivity contribution < 1.29 is 10.0 Å². The van der Waals surface area contributed by atoms with E-state index >= 15 is 0 Å². The Kier molecular flexibility index (Phi) is 4.77. The summed E-state index contributed by atoms with van der Waals surface area (Å²) in [7, 11) is 0. The molecule has 0 aliphatic carbocycles. The summed E-state index contributed by atoms with van der Waals surface area (Å²) in [6.07, 6.45) is 0.473. The first-order chi connectivity index (χ1) is 5.07. The molecule has 1 atom stereocenters. The van der Waals surface area contributed by atoms with Gasteiger partial charge in [0, 0.05) is 18.0 Å². The highest BCUT2D eigenvalue weighted by molar-refractivity contribution is 4.60. The molecule has 0 saturated carbocycles. The maximum absolute atomic E-state index is 9.97. The molecule has 0 fully saturated rings. The molecule has 0 aromatic carbocycles. The van der Waals surface area contributed by atoms with Crippen LogP contribution in [0.5, 0.6) is 0 Å². The third kappa shape index (κ3) is 4.72. The van der Waals surface area contributed by atoms with E-state index in [2.05, 4.69) is 0 Å². The van der Waals surface area contributed by atoms with Crippen molar-refractivity contribution in [2.24, 2.45) is 11.8 Å². The highest BCUT2D eigenvalue weighted by atomic mass is 16.6. The van der Waals surface area contributed by atoms with Gasteiger partial charge in [0.15, 0.2) is 0 Å². The molecule has 0 heterocycles. The van der Waals surface area contributed by atoms with Gasteiger partial charge in [-0.15, -0.1) is 0 Å². The fourth-order valence-electron chi connectivity index (χ4n) is 0.907. The molecule has 4 heteroatoms. The molecule has 11 heavy (non-hydrogen) atoms. The molecule has 0 aromatic rings. The number of hydrogen-bond acceptors (Lipinski definition) is 3. The summed E-state index contributed by atoms with van der Waals surface area (Å²) in [4.78, 5) is 9.62. The molecule has 0 aromatic heterocycles. The lowest BCUT2D eigenvalue weighted by Crippen LogP contribution is -2.17. The Bertz CT molecular complexity index is 125. The summed E-state index contributed by atoms with van der Waals surface area (Å²) in [5.74, 6) is 0.389. The van der Waals surface area contributed by atoms with Crippen LogP contribution in [-0.4, -0.2) is 23.2 Å². The second-order valence-corrected chi connectivity index (χ2v) is 3.03. The average Bonchev–Trinajstić information content (AvgIpc) is 1.87. The van der Waals surface area contributed by atoms with Gasteiger partial charge in [-0.1, -0.05) is 13.8 Å². The van der Waals surface area contributed by atoms with Crippen LogP contribution in [0.15, 0.2) is 0 Å². The summed E-state index contributed by atoms with van der Waals surface area (Å²) in [6.45, 7) is 3.93. The van der Waals surface area contributed by atoms with Crippen molar-refractivity contribution in [3.8, 4) is 0 Å². The molecule has 66 valence electrons. The van der Waals surface area contributed by atoms with Crippen molar-refractivity contribution in [3.05, 3.63) is 10.1 Å². The van der Waals surface area contributed by atoms with E-state index in [1.165, 1.54) is 0 Å². The molecule has 0 spiro atoms. The minimum Gasteiger partial charge on any atom is -0.396 e. The van der Waals surface area contributed by atoms with Crippen molar-refractivity contribution in [1.82, 2.24) is 0 Å². The topological polar surface area (TPSA) is 63.4 Å². The van der Waals surface area contributed by atoms with Gasteiger partial charge in [0.2, 0.25) is 6.54 Å². The van der Waals surface area contributed by atoms with Crippen molar-refractivity contribution >= 4 is 0 Å². The summed E-state index contributed by atoms with van der Waals surface area (Å²) in [5, 5.41) is 18.8. The lowest BCUT2D eigenvalue weighted by molar-refractivity contribution is -0.482. The highest BCUT2D eigenvalue weighted by Gasteiger charge is 2.14. The van der Waals surface area contributed by atoms with Crippen LogP contribution in [-0.2, 0) is 0 Å². The summed E-state index contributed by atoms with van der Waals surface area (Å²) < 4.78 is 0. The third-order valence-electron chi connectivity index (χ3n) is 1.86. The maximum Gasteiger partial charge on any atom is 0.204 e. The molecular formula is C7H15NO3. The normalized spacial score (nSPS) is 13.5. The van der Waals surface area contributed by atoms with E-state index < -0.39 is 0 Å². The number of nitro groups is 1. The quantitative estimate of drug-likeness (QED) is 0.481. The molecule has 0 aliphatic heterocycles. The summed E-state index contributed by atoms with van der Waals surface area (Å²) in [6, 6.07) is 0. The zero-order chi connectivity index (χ0) is 8.85. The number of aliphatic hydroxyl groups excluding tert-OH is 1. The zero-order valence-corrected chi connectivity index (χ0v) is 6.99. The predicted octanol–water partition coefficient (Wildman–Crippen LogP) is 0.918. The SMILES string of the molecule is CC(C)C(CO)CC[N+](=O)[O-]. The number of rotatable bonds is 5. The minimum absolute atomic E-state index is 0.0383. The first-order valence-corrected chi connectivity index (χ1v) is 3.80. The molecule has 0 saturated heterocycles. The molecule has 0 aliphatic rings. The van der Waals surface area contributed by atoms with Crippen molar-refractivity contribution in [2.75, 3.05) is 13.2 Å². The number of nitrogens with zero attached hydrogens (tertiary/aromatic N) is 1. The van der Waals surface area contributed by atoms with Gasteiger partial charge in [-0.2, -0.15) is 0 Å². The Morgan fingerprint density at radius 3 is 2.36 bits per heavy atom. The summed E-state index contributed by atoms with van der Waals surface area (Å²) in [5.41, 5.74) is 0. The van der Waals surface area contributed by atoms with Crippen molar-refractivity contribution in [3.63, 3.8) is 0 Å². The highest BCUT2D eigenvalue weighted by Crippen LogP contribution is 2.13. The lowest BCUT2D eigenvalue weighted by Gasteiger charge is -2.15. The van der Waals surface area contributed by atoms with Gasteiger partial charge in [-0.05, 0) is 11.8 Å². The monoisotopic (exact) mass is 161 g/mol. The van der Waals surface area contributed by atoms with Crippen LogP contribution in [0, 0.1) is 22.0 Å². The van der Waals surface area contributed by atoms with E-state index in [1.807, 2.05) is 13.8 Å². The Morgan fingerprint density at radius 1 is 1.55 bits per heavy atom. The van der Waals surface area contributed by atoms with E-state index in [-0.39, 0.29) is 24.0 Å². The van der Waals surface area contributed by atoms with Crippen LogP contribution < -0.4 is 0 Å². The molecular weight excluding hydrogens is 146 g/mol. The van der Waals surface area contributed by atoms with Gasteiger partial charge in [0.05, 0.1) is 0 Å². The second-order valence-electron chi connectivity index (χ2n) is 3.03. The van der Waals surface area contributed by atoms with Crippen LogP contribution in [0.1, 0.15) is 20.3 Å². The van der Waals surface area contributed by atoms with Crippen molar-refractivity contribution in [1.29, 1.82) is 0 Å². The van der Waals surface area contributed by atoms with Gasteiger partial charge in [-0.25, -0.2) is 0 Å². The van der Waals surface area contributed by atoms with Gasteiger partial charge >= 0.3 is 0 Å². The molecule has 4 nitrogen and oxygen atoms in total. The van der Waals surface area contributed by atoms with E-state index in [4.69, 9.17) is 5.11 Å². The molecule has 1 unspecified atom stereocenters. The van der Waals surface area contributed by atoms with Crippen LogP contribution in [0.3, 0.4) is 0 Å². The van der Waals surface area contributed by atoms with Crippen LogP contribution in [0.2, 0.25) is 0 Å². The fourth-order valence-corrected chi connectivity index (χ4v) is 0.907. The van der Waals surface area contributed by atoms with Gasteiger partial charge in [0.1, 0.15) is 0 Å². The first kappa shape index (κ1) is 10.4. The van der Waals surface area contributed by atoms with Crippen LogP contribution in [0.4, 0.5) is 0 Å². The lowest BCUT2D eigenvalue weighted by atomic mass is 9.94.